The van der Waals surface area contributed by atoms with Crippen LogP contribution in [0.25, 0.3) is 0 Å². The van der Waals surface area contributed by atoms with Gasteiger partial charge in [0.1, 0.15) is 0 Å². The molecule has 2 aromatic carbocycles. The van der Waals surface area contributed by atoms with Crippen LogP contribution in [0.4, 0.5) is 5.69 Å². The Labute approximate surface area is 169 Å². The number of aryl methyl sites for hydroxylation is 1. The average molecular weight is 427 g/mol. The zero-order chi connectivity index (χ0) is 19.8. The largest absolute Gasteiger partial charge is 0.345 e. The normalized spacial score (nSPS) is 15.2. The maximum absolute atomic E-state index is 12.7. The summed E-state index contributed by atoms with van der Waals surface area (Å²) in [4.78, 5) is 12.7. The summed E-state index contributed by atoms with van der Waals surface area (Å²) in [5, 5.41) is 3.95. The van der Waals surface area contributed by atoms with Gasteiger partial charge in [-0.3, -0.25) is 9.10 Å². The Kier molecular flexibility index (Phi) is 5.70. The van der Waals surface area contributed by atoms with E-state index in [0.29, 0.717) is 27.8 Å². The standard InChI is InChI=1S/C19H20Cl2N2O3S/c1-12(16-7-6-15(20)11-17(16)21)22-19(24)14-5-8-18-13(10-14)4-3-9-23(18)27(2,25)26/h5-8,10-12H,3-4,9H2,1-2H3,(H,22,24)/t12-/m1/s1. The number of rotatable bonds is 4. The molecule has 1 atom stereocenters. The fraction of sp³-hybridized carbons (Fsp3) is 0.316. The summed E-state index contributed by atoms with van der Waals surface area (Å²) in [5.74, 6) is -0.243. The zero-order valence-corrected chi connectivity index (χ0v) is 17.3. The van der Waals surface area contributed by atoms with Gasteiger partial charge in [0.05, 0.1) is 18.0 Å². The van der Waals surface area contributed by atoms with Gasteiger partial charge in [0.2, 0.25) is 10.0 Å². The fourth-order valence-corrected chi connectivity index (χ4v) is 4.83. The Morgan fingerprint density at radius 3 is 2.59 bits per heavy atom. The second-order valence-corrected chi connectivity index (χ2v) is 9.39. The van der Waals surface area contributed by atoms with E-state index in [9.17, 15) is 13.2 Å². The van der Waals surface area contributed by atoms with Crippen LogP contribution < -0.4 is 9.62 Å². The lowest BCUT2D eigenvalue weighted by molar-refractivity contribution is 0.0940. The molecule has 1 amide bonds. The topological polar surface area (TPSA) is 66.5 Å². The Balaban J connectivity index is 1.82. The number of halogens is 2. The lowest BCUT2D eigenvalue weighted by atomic mass is 10.00. The molecule has 27 heavy (non-hydrogen) atoms. The molecule has 1 aliphatic rings. The van der Waals surface area contributed by atoms with E-state index in [1.54, 1.807) is 36.4 Å². The predicted octanol–water partition coefficient (Wildman–Crippen LogP) is 4.20. The number of benzene rings is 2. The number of carbonyl (C=O) groups is 1. The SMILES string of the molecule is C[C@@H](NC(=O)c1ccc2c(c1)CCCN2S(C)(=O)=O)c1ccc(Cl)cc1Cl. The highest BCUT2D eigenvalue weighted by Gasteiger charge is 2.25. The van der Waals surface area contributed by atoms with Gasteiger partial charge >= 0.3 is 0 Å². The molecule has 3 rings (SSSR count). The summed E-state index contributed by atoms with van der Waals surface area (Å²) < 4.78 is 25.3. The van der Waals surface area contributed by atoms with Crippen LogP contribution in [-0.2, 0) is 16.4 Å². The minimum Gasteiger partial charge on any atom is -0.345 e. The van der Waals surface area contributed by atoms with Crippen LogP contribution in [0.3, 0.4) is 0 Å². The molecular formula is C19H20Cl2N2O3S. The highest BCUT2D eigenvalue weighted by atomic mass is 35.5. The fourth-order valence-electron chi connectivity index (χ4n) is 3.26. The molecule has 2 aromatic rings. The van der Waals surface area contributed by atoms with Crippen molar-refractivity contribution < 1.29 is 13.2 Å². The summed E-state index contributed by atoms with van der Waals surface area (Å²) in [6, 6.07) is 9.96. The first-order valence-corrected chi connectivity index (χ1v) is 11.1. The van der Waals surface area contributed by atoms with E-state index in [2.05, 4.69) is 5.32 Å². The first kappa shape index (κ1) is 20.0. The Bertz CT molecular complexity index is 992. The lowest BCUT2D eigenvalue weighted by Gasteiger charge is -2.29. The van der Waals surface area contributed by atoms with Gasteiger partial charge in [-0.2, -0.15) is 0 Å². The number of amides is 1. The van der Waals surface area contributed by atoms with Crippen molar-refractivity contribution in [2.75, 3.05) is 17.1 Å². The molecule has 1 N–H and O–H groups in total. The Morgan fingerprint density at radius 1 is 1.19 bits per heavy atom. The first-order chi connectivity index (χ1) is 12.7. The van der Waals surface area contributed by atoms with Gasteiger partial charge in [0, 0.05) is 22.2 Å². The number of nitrogens with one attached hydrogen (secondary N) is 1. The van der Waals surface area contributed by atoms with Crippen molar-refractivity contribution in [1.29, 1.82) is 0 Å². The zero-order valence-electron chi connectivity index (χ0n) is 15.0. The molecule has 0 spiro atoms. The maximum Gasteiger partial charge on any atom is 0.251 e. The maximum atomic E-state index is 12.7. The molecule has 0 radical (unpaired) electrons. The highest BCUT2D eigenvalue weighted by Crippen LogP contribution is 2.30. The van der Waals surface area contributed by atoms with E-state index < -0.39 is 10.0 Å². The van der Waals surface area contributed by atoms with Gasteiger partial charge in [0.15, 0.2) is 0 Å². The van der Waals surface area contributed by atoms with Gasteiger partial charge in [-0.05, 0) is 61.2 Å². The minimum absolute atomic E-state index is 0.243. The molecule has 144 valence electrons. The van der Waals surface area contributed by atoms with Gasteiger partial charge in [-0.25, -0.2) is 8.42 Å². The van der Waals surface area contributed by atoms with Crippen LogP contribution in [0.1, 0.15) is 40.9 Å². The molecule has 0 unspecified atom stereocenters. The molecule has 1 heterocycles. The molecule has 0 aromatic heterocycles. The number of carbonyl (C=O) groups excluding carboxylic acids is 1. The number of hydrogen-bond acceptors (Lipinski definition) is 3. The van der Waals surface area contributed by atoms with Crippen molar-refractivity contribution >= 4 is 44.8 Å². The van der Waals surface area contributed by atoms with Crippen molar-refractivity contribution in [2.24, 2.45) is 0 Å². The predicted molar refractivity (Wildman–Crippen MR) is 109 cm³/mol. The number of anilines is 1. The molecule has 0 bridgehead atoms. The van der Waals surface area contributed by atoms with Gasteiger partial charge < -0.3 is 5.32 Å². The number of sulfonamides is 1. The van der Waals surface area contributed by atoms with Crippen molar-refractivity contribution in [3.05, 3.63) is 63.1 Å². The summed E-state index contributed by atoms with van der Waals surface area (Å²) >= 11 is 12.1. The molecule has 0 fully saturated rings. The van der Waals surface area contributed by atoms with E-state index in [4.69, 9.17) is 23.2 Å². The number of nitrogens with zero attached hydrogens (tertiary/aromatic N) is 1. The summed E-state index contributed by atoms with van der Waals surface area (Å²) in [7, 11) is -3.33. The average Bonchev–Trinajstić information content (AvgIpc) is 2.59. The molecule has 0 saturated carbocycles. The number of fused-ring (bicyclic) bond motifs is 1. The summed E-state index contributed by atoms with van der Waals surface area (Å²) in [6.07, 6.45) is 2.66. The molecule has 1 aliphatic heterocycles. The lowest BCUT2D eigenvalue weighted by Crippen LogP contribution is -2.35. The van der Waals surface area contributed by atoms with Crippen LogP contribution in [0.5, 0.6) is 0 Å². The first-order valence-electron chi connectivity index (χ1n) is 8.53. The van der Waals surface area contributed by atoms with Crippen LogP contribution in [0.2, 0.25) is 10.0 Å². The smallest absolute Gasteiger partial charge is 0.251 e. The van der Waals surface area contributed by atoms with Gasteiger partial charge in [-0.1, -0.05) is 29.3 Å². The van der Waals surface area contributed by atoms with Crippen LogP contribution in [-0.4, -0.2) is 27.1 Å². The van der Waals surface area contributed by atoms with Crippen molar-refractivity contribution in [3.8, 4) is 0 Å². The molecule has 5 nitrogen and oxygen atoms in total. The number of hydrogen-bond donors (Lipinski definition) is 1. The monoisotopic (exact) mass is 426 g/mol. The third kappa shape index (κ3) is 4.39. The Morgan fingerprint density at radius 2 is 1.93 bits per heavy atom. The van der Waals surface area contributed by atoms with E-state index in [1.807, 2.05) is 6.92 Å². The van der Waals surface area contributed by atoms with E-state index >= 15 is 0 Å². The summed E-state index contributed by atoms with van der Waals surface area (Å²) in [6.45, 7) is 2.31. The molecule has 8 heteroatoms. The molecular weight excluding hydrogens is 407 g/mol. The second kappa shape index (κ2) is 7.70. The van der Waals surface area contributed by atoms with Crippen LogP contribution in [0, 0.1) is 0 Å². The molecule has 0 saturated heterocycles. The second-order valence-electron chi connectivity index (χ2n) is 6.64. The van der Waals surface area contributed by atoms with Crippen molar-refractivity contribution in [1.82, 2.24) is 5.32 Å². The molecule has 0 aliphatic carbocycles. The van der Waals surface area contributed by atoms with Crippen molar-refractivity contribution in [3.63, 3.8) is 0 Å². The highest BCUT2D eigenvalue weighted by molar-refractivity contribution is 7.92. The van der Waals surface area contributed by atoms with Crippen LogP contribution in [0.15, 0.2) is 36.4 Å². The van der Waals surface area contributed by atoms with Crippen LogP contribution >= 0.6 is 23.2 Å². The Hall–Kier alpha value is -1.76. The third-order valence-electron chi connectivity index (χ3n) is 4.59. The van der Waals surface area contributed by atoms with E-state index in [0.717, 1.165) is 24.0 Å². The van der Waals surface area contributed by atoms with Crippen molar-refractivity contribution in [2.45, 2.75) is 25.8 Å². The van der Waals surface area contributed by atoms with E-state index in [-0.39, 0.29) is 11.9 Å². The minimum atomic E-state index is -3.33. The van der Waals surface area contributed by atoms with Gasteiger partial charge in [-0.15, -0.1) is 0 Å². The third-order valence-corrected chi connectivity index (χ3v) is 6.34. The summed E-state index contributed by atoms with van der Waals surface area (Å²) in [5.41, 5.74) is 2.77. The van der Waals surface area contributed by atoms with E-state index in [1.165, 1.54) is 10.6 Å². The van der Waals surface area contributed by atoms with Gasteiger partial charge in [0.25, 0.3) is 5.91 Å². The quantitative estimate of drug-likeness (QED) is 0.796.